The second kappa shape index (κ2) is 18.0. The number of aromatic hydroxyl groups is 1. The van der Waals surface area contributed by atoms with E-state index in [-0.39, 0.29) is 0 Å². The van der Waals surface area contributed by atoms with Gasteiger partial charge < -0.3 is 23.7 Å². The van der Waals surface area contributed by atoms with Gasteiger partial charge in [-0.3, -0.25) is 0 Å². The summed E-state index contributed by atoms with van der Waals surface area (Å²) in [5.74, 6) is 2.33. The number of benzene rings is 8. The predicted octanol–water partition coefficient (Wildman–Crippen LogP) is 19.2. The molecule has 3 aliphatic rings. The molecule has 5 nitrogen and oxygen atoms in total. The summed E-state index contributed by atoms with van der Waals surface area (Å²) >= 11 is 0. The Labute approximate surface area is 416 Å². The highest BCUT2D eigenvalue weighted by atomic mass is 16.3. The van der Waals surface area contributed by atoms with Crippen molar-refractivity contribution in [1.82, 2.24) is 0 Å². The number of nitrogens with zero attached hydrogens (tertiary/aromatic N) is 2. The highest BCUT2D eigenvalue weighted by Gasteiger charge is 2.30. The van der Waals surface area contributed by atoms with E-state index in [1.807, 2.05) is 0 Å². The van der Waals surface area contributed by atoms with E-state index in [9.17, 15) is 5.11 Å². The van der Waals surface area contributed by atoms with Gasteiger partial charge in [-0.25, -0.2) is 0 Å². The van der Waals surface area contributed by atoms with Crippen molar-refractivity contribution in [3.05, 3.63) is 197 Å². The Hall–Kier alpha value is -7.50. The molecule has 8 aromatic carbocycles. The lowest BCUT2D eigenvalue weighted by atomic mass is 9.82. The van der Waals surface area contributed by atoms with Gasteiger partial charge in [-0.15, -0.1) is 0 Å². The Morgan fingerprint density at radius 1 is 0.493 bits per heavy atom. The Kier molecular flexibility index (Phi) is 11.1. The van der Waals surface area contributed by atoms with Crippen LogP contribution in [-0.2, 0) is 6.42 Å². The Morgan fingerprint density at radius 3 is 1.86 bits per heavy atom. The zero-order valence-corrected chi connectivity index (χ0v) is 40.9. The number of fused-ring (bicyclic) bond motifs is 8. The van der Waals surface area contributed by atoms with Gasteiger partial charge in [0.15, 0.2) is 5.76 Å². The summed E-state index contributed by atoms with van der Waals surface area (Å²) in [5, 5.41) is 17.6. The average molecular weight is 929 g/mol. The zero-order chi connectivity index (χ0) is 47.6. The van der Waals surface area contributed by atoms with Crippen LogP contribution >= 0.6 is 0 Å². The van der Waals surface area contributed by atoms with Crippen LogP contribution in [0.3, 0.4) is 0 Å². The first kappa shape index (κ1) is 43.5. The van der Waals surface area contributed by atoms with Crippen LogP contribution in [0.2, 0.25) is 0 Å². The van der Waals surface area contributed by atoms with Gasteiger partial charge in [0.25, 0.3) is 0 Å². The third-order valence-corrected chi connectivity index (χ3v) is 16.1. The third-order valence-electron chi connectivity index (χ3n) is 16.1. The fraction of sp³-hybridized carbons (Fsp3) is 0.242. The molecule has 2 fully saturated rings. The van der Waals surface area contributed by atoms with Crippen molar-refractivity contribution in [2.45, 2.75) is 103 Å². The molecule has 2 heterocycles. The minimum absolute atomic E-state index is 0.396. The number of hydrogen-bond acceptors (Lipinski definition) is 5. The lowest BCUT2D eigenvalue weighted by molar-refractivity contribution is 0.415. The number of furan rings is 2. The molecular weight excluding hydrogens is 869 g/mol. The predicted molar refractivity (Wildman–Crippen MR) is 295 cm³/mol. The molecule has 0 amide bonds. The minimum atomic E-state index is 0.396. The largest absolute Gasteiger partial charge is 0.507 e. The molecule has 13 rings (SSSR count). The maximum Gasteiger partial charge on any atom is 0.155 e. The first-order chi connectivity index (χ1) is 34.9. The maximum absolute atomic E-state index is 11.9. The number of aryl methyl sites for hydroxylation is 3. The highest BCUT2D eigenvalue weighted by Crippen LogP contribution is 2.50. The summed E-state index contributed by atoms with van der Waals surface area (Å²) < 4.78 is 14.3. The molecule has 0 saturated heterocycles. The Balaban J connectivity index is 0.955. The number of phenolic OH excluding ortho intramolecular Hbond substituents is 1. The molecular formula is C66H60N2O3. The molecule has 5 heteroatoms. The summed E-state index contributed by atoms with van der Waals surface area (Å²) in [6.45, 7) is 4.32. The molecule has 0 radical (unpaired) electrons. The van der Waals surface area contributed by atoms with Crippen LogP contribution in [0.4, 0.5) is 28.4 Å². The van der Waals surface area contributed by atoms with Crippen LogP contribution in [-0.4, -0.2) is 5.11 Å². The third kappa shape index (κ3) is 7.69. The number of rotatable bonds is 9. The van der Waals surface area contributed by atoms with Gasteiger partial charge in [0, 0.05) is 61.9 Å². The maximum atomic E-state index is 11.9. The average Bonchev–Trinajstić information content (AvgIpc) is 3.98. The lowest BCUT2D eigenvalue weighted by Gasteiger charge is -2.29. The van der Waals surface area contributed by atoms with E-state index in [0.717, 1.165) is 121 Å². The van der Waals surface area contributed by atoms with Crippen LogP contribution in [0, 0.1) is 13.8 Å². The molecule has 0 bridgehead atoms. The fourth-order valence-corrected chi connectivity index (χ4v) is 12.7. The van der Waals surface area contributed by atoms with Gasteiger partial charge in [0.2, 0.25) is 0 Å². The van der Waals surface area contributed by atoms with Crippen molar-refractivity contribution in [2.24, 2.45) is 0 Å². The van der Waals surface area contributed by atoms with E-state index in [1.54, 1.807) is 0 Å². The van der Waals surface area contributed by atoms with Crippen molar-refractivity contribution in [1.29, 1.82) is 0 Å². The molecule has 10 aromatic rings. The van der Waals surface area contributed by atoms with Gasteiger partial charge >= 0.3 is 0 Å². The lowest BCUT2D eigenvalue weighted by Crippen LogP contribution is -2.18. The molecule has 0 aliphatic heterocycles. The topological polar surface area (TPSA) is 53.0 Å². The normalized spacial score (nSPS) is 15.7. The number of anilines is 5. The zero-order valence-electron chi connectivity index (χ0n) is 40.9. The molecule has 1 N–H and O–H groups in total. The van der Waals surface area contributed by atoms with Gasteiger partial charge in [-0.1, -0.05) is 142 Å². The van der Waals surface area contributed by atoms with E-state index in [0.29, 0.717) is 17.6 Å². The van der Waals surface area contributed by atoms with E-state index >= 15 is 0 Å². The molecule has 3 aliphatic carbocycles. The van der Waals surface area contributed by atoms with Crippen LogP contribution in [0.1, 0.15) is 116 Å². The molecule has 2 aromatic heterocycles. The van der Waals surface area contributed by atoms with Crippen molar-refractivity contribution in [3.63, 3.8) is 0 Å². The quantitative estimate of drug-likeness (QED) is 0.156. The Bertz CT molecular complexity index is 3690. The molecule has 0 atom stereocenters. The van der Waals surface area contributed by atoms with E-state index in [2.05, 4.69) is 187 Å². The van der Waals surface area contributed by atoms with Crippen LogP contribution in [0.15, 0.2) is 173 Å². The summed E-state index contributed by atoms with van der Waals surface area (Å²) in [4.78, 5) is 4.75. The van der Waals surface area contributed by atoms with E-state index in [4.69, 9.17) is 8.83 Å². The summed E-state index contributed by atoms with van der Waals surface area (Å²) in [5.41, 5.74) is 17.0. The monoisotopic (exact) mass is 928 g/mol. The second-order valence-electron chi connectivity index (χ2n) is 20.7. The highest BCUT2D eigenvalue weighted by molar-refractivity contribution is 6.23. The van der Waals surface area contributed by atoms with Crippen molar-refractivity contribution < 1.29 is 13.9 Å². The van der Waals surface area contributed by atoms with Gasteiger partial charge in [0.05, 0.1) is 17.1 Å². The number of phenols is 1. The van der Waals surface area contributed by atoms with E-state index in [1.165, 1.54) is 79.0 Å². The standard InChI is InChI=1S/C66H60N2O3/c1-42-17-11-24-47(37-42)67(59-34-16-33-57-56-32-15-31-53(65(56)71-66(57)59)45-21-7-4-8-22-45)50-35-36-58-61(40-50)70-62-41-60(54-27-9-10-28-55(54)63(58)62)68(48-25-12-18-43(2)38-48)49-26-13-23-46(39-49)52-30-14-29-51(64(52)69)44-19-5-3-6-20-44/h9-15,17-18,23-32,34-41,44-45,69H,3-8,16,19-22,33H2,1-2H3. The first-order valence-electron chi connectivity index (χ1n) is 26.2. The molecule has 2 saturated carbocycles. The van der Waals surface area contributed by atoms with Crippen molar-refractivity contribution in [3.8, 4) is 16.9 Å². The fourth-order valence-electron chi connectivity index (χ4n) is 12.7. The molecule has 71 heavy (non-hydrogen) atoms. The number of allylic oxidation sites excluding steroid dienone is 1. The second-order valence-corrected chi connectivity index (χ2v) is 20.7. The van der Waals surface area contributed by atoms with Crippen LogP contribution in [0.25, 0.3) is 60.5 Å². The molecule has 0 unspecified atom stereocenters. The van der Waals surface area contributed by atoms with Gasteiger partial charge in [0.1, 0.15) is 22.5 Å². The first-order valence-corrected chi connectivity index (χ1v) is 26.2. The van der Waals surface area contributed by atoms with Gasteiger partial charge in [-0.2, -0.15) is 0 Å². The van der Waals surface area contributed by atoms with Gasteiger partial charge in [-0.05, 0) is 146 Å². The Morgan fingerprint density at radius 2 is 1.11 bits per heavy atom. The summed E-state index contributed by atoms with van der Waals surface area (Å²) in [7, 11) is 0. The number of hydrogen-bond donors (Lipinski definition) is 1. The summed E-state index contributed by atoms with van der Waals surface area (Å²) in [6, 6.07) is 57.1. The minimum Gasteiger partial charge on any atom is -0.507 e. The van der Waals surface area contributed by atoms with E-state index < -0.39 is 0 Å². The van der Waals surface area contributed by atoms with Crippen LogP contribution < -0.4 is 9.80 Å². The van der Waals surface area contributed by atoms with Crippen molar-refractivity contribution in [2.75, 3.05) is 9.80 Å². The molecule has 352 valence electrons. The molecule has 0 spiro atoms. The SMILES string of the molecule is Cc1cccc(N(C2=CCCc3c2oc2c(C4CCCCC4)cccc32)c2ccc3c(c2)oc2cc(N(c4cccc(C)c4)c4cccc(-c5cccc(C6CCCCC6)c5O)c4)c4ccccc4c23)c1. The number of para-hydroxylation sites is 2. The van der Waals surface area contributed by atoms with Crippen LogP contribution in [0.5, 0.6) is 5.75 Å². The van der Waals surface area contributed by atoms with Crippen molar-refractivity contribution >= 4 is 77.8 Å². The smallest absolute Gasteiger partial charge is 0.155 e. The summed E-state index contributed by atoms with van der Waals surface area (Å²) in [6.07, 6.45) is 16.6.